The van der Waals surface area contributed by atoms with Crippen molar-refractivity contribution in [2.24, 2.45) is 13.0 Å². The number of carbonyl (C=O) groups excluding carboxylic acids is 1. The zero-order valence-electron chi connectivity index (χ0n) is 11.7. The Morgan fingerprint density at radius 1 is 1.44 bits per heavy atom. The van der Waals surface area contributed by atoms with Crippen molar-refractivity contribution in [3.05, 3.63) is 17.0 Å². The van der Waals surface area contributed by atoms with E-state index in [2.05, 4.69) is 22.4 Å². The number of nitrogens with one attached hydrogen (secondary N) is 1. The van der Waals surface area contributed by atoms with Gasteiger partial charge in [0.2, 0.25) is 0 Å². The lowest BCUT2D eigenvalue weighted by atomic mass is 10.1. The average Bonchev–Trinajstić information content (AvgIpc) is 2.82. The predicted molar refractivity (Wildman–Crippen MR) is 70.6 cm³/mol. The minimum absolute atomic E-state index is 0.00709. The first kappa shape index (κ1) is 13.1. The number of aromatic nitrogens is 2. The summed E-state index contributed by atoms with van der Waals surface area (Å²) >= 11 is 0. The fourth-order valence-corrected chi connectivity index (χ4v) is 2.62. The predicted octanol–water partition coefficient (Wildman–Crippen LogP) is 0.718. The molecule has 100 valence electrons. The second-order valence-corrected chi connectivity index (χ2v) is 5.30. The Hall–Kier alpha value is -1.36. The fraction of sp³-hybridized carbons (Fsp3) is 0.692. The zero-order chi connectivity index (χ0) is 13.3. The Labute approximate surface area is 108 Å². The zero-order valence-corrected chi connectivity index (χ0v) is 11.7. The van der Waals surface area contributed by atoms with E-state index in [-0.39, 0.29) is 5.91 Å². The summed E-state index contributed by atoms with van der Waals surface area (Å²) in [5, 5.41) is 7.31. The Bertz CT molecular complexity index is 452. The Balaban J connectivity index is 1.95. The summed E-state index contributed by atoms with van der Waals surface area (Å²) in [6, 6.07) is 0. The van der Waals surface area contributed by atoms with Crippen LogP contribution in [0.1, 0.15) is 28.2 Å². The highest BCUT2D eigenvalue weighted by atomic mass is 16.1. The first-order valence-corrected chi connectivity index (χ1v) is 6.46. The fourth-order valence-electron chi connectivity index (χ4n) is 2.62. The van der Waals surface area contributed by atoms with Crippen LogP contribution in [0.2, 0.25) is 0 Å². The summed E-state index contributed by atoms with van der Waals surface area (Å²) in [5.41, 5.74) is 2.45. The molecule has 2 heterocycles. The molecule has 2 rings (SSSR count). The number of nitrogens with zero attached hydrogens (tertiary/aromatic N) is 3. The van der Waals surface area contributed by atoms with E-state index >= 15 is 0 Å². The maximum absolute atomic E-state index is 12.2. The Kier molecular flexibility index (Phi) is 3.71. The molecule has 1 aromatic heterocycles. The van der Waals surface area contributed by atoms with Gasteiger partial charge in [0.1, 0.15) is 0 Å². The van der Waals surface area contributed by atoms with E-state index in [4.69, 9.17) is 0 Å². The molecule has 5 heteroatoms. The van der Waals surface area contributed by atoms with Crippen molar-refractivity contribution in [2.45, 2.75) is 20.3 Å². The summed E-state index contributed by atoms with van der Waals surface area (Å²) in [6.45, 7) is 6.78. The van der Waals surface area contributed by atoms with Gasteiger partial charge in [-0.15, -0.1) is 0 Å². The van der Waals surface area contributed by atoms with Crippen molar-refractivity contribution in [1.29, 1.82) is 0 Å². The van der Waals surface area contributed by atoms with Gasteiger partial charge in [0.15, 0.2) is 0 Å². The van der Waals surface area contributed by atoms with Crippen molar-refractivity contribution in [3.63, 3.8) is 0 Å². The van der Waals surface area contributed by atoms with Crippen LogP contribution in [0.25, 0.3) is 0 Å². The summed E-state index contributed by atoms with van der Waals surface area (Å²) in [6.07, 6.45) is 1.17. The second-order valence-electron chi connectivity index (χ2n) is 5.30. The number of amides is 1. The van der Waals surface area contributed by atoms with Gasteiger partial charge in [-0.1, -0.05) is 0 Å². The number of aryl methyl sites for hydroxylation is 2. The molecule has 5 nitrogen and oxygen atoms in total. The van der Waals surface area contributed by atoms with Crippen LogP contribution in [0.5, 0.6) is 0 Å². The largest absolute Gasteiger partial charge is 0.352 e. The molecule has 1 saturated heterocycles. The highest BCUT2D eigenvalue weighted by Crippen LogP contribution is 2.15. The molecule has 1 atom stereocenters. The van der Waals surface area contributed by atoms with Crippen molar-refractivity contribution in [1.82, 2.24) is 20.0 Å². The molecule has 1 aliphatic rings. The molecule has 1 fully saturated rings. The molecule has 0 saturated carbocycles. The van der Waals surface area contributed by atoms with E-state index in [9.17, 15) is 4.79 Å². The summed E-state index contributed by atoms with van der Waals surface area (Å²) in [5.74, 6) is 0.587. The van der Waals surface area contributed by atoms with Crippen LogP contribution >= 0.6 is 0 Å². The maximum atomic E-state index is 12.2. The normalized spacial score (nSPS) is 20.3. The van der Waals surface area contributed by atoms with Gasteiger partial charge in [-0.05, 0) is 39.8 Å². The summed E-state index contributed by atoms with van der Waals surface area (Å²) < 4.78 is 1.76. The van der Waals surface area contributed by atoms with Crippen LogP contribution in [0.3, 0.4) is 0 Å². The molecule has 1 aliphatic heterocycles. The molecule has 0 aromatic carbocycles. The van der Waals surface area contributed by atoms with Crippen LogP contribution in [-0.4, -0.2) is 47.3 Å². The number of hydrogen-bond donors (Lipinski definition) is 1. The average molecular weight is 250 g/mol. The molecule has 0 radical (unpaired) electrons. The van der Waals surface area contributed by atoms with Crippen LogP contribution in [-0.2, 0) is 7.05 Å². The Morgan fingerprint density at radius 2 is 2.17 bits per heavy atom. The summed E-state index contributed by atoms with van der Waals surface area (Å²) in [4.78, 5) is 14.5. The van der Waals surface area contributed by atoms with Crippen molar-refractivity contribution in [2.75, 3.05) is 26.7 Å². The molecule has 1 aromatic rings. The van der Waals surface area contributed by atoms with E-state index < -0.39 is 0 Å². The minimum atomic E-state index is 0.00709. The van der Waals surface area contributed by atoms with Gasteiger partial charge in [-0.25, -0.2) is 0 Å². The molecule has 1 amide bonds. The first-order valence-electron chi connectivity index (χ1n) is 6.46. The lowest BCUT2D eigenvalue weighted by molar-refractivity contribution is 0.0946. The number of hydrogen-bond acceptors (Lipinski definition) is 3. The molecular formula is C13H22N4O. The highest BCUT2D eigenvalue weighted by molar-refractivity contribution is 5.96. The van der Waals surface area contributed by atoms with Crippen LogP contribution in [0.15, 0.2) is 0 Å². The lowest BCUT2D eigenvalue weighted by Gasteiger charge is -2.11. The Morgan fingerprint density at radius 3 is 2.67 bits per heavy atom. The van der Waals surface area contributed by atoms with Gasteiger partial charge in [0.05, 0.1) is 11.3 Å². The molecule has 0 spiro atoms. The third-order valence-electron chi connectivity index (χ3n) is 3.78. The van der Waals surface area contributed by atoms with Crippen LogP contribution < -0.4 is 5.32 Å². The number of likely N-dealkylation sites (tertiary alicyclic amines) is 1. The van der Waals surface area contributed by atoms with Gasteiger partial charge >= 0.3 is 0 Å². The van der Waals surface area contributed by atoms with Gasteiger partial charge in [0, 0.05) is 25.8 Å². The summed E-state index contributed by atoms with van der Waals surface area (Å²) in [7, 11) is 3.99. The molecule has 0 bridgehead atoms. The van der Waals surface area contributed by atoms with Gasteiger partial charge in [0.25, 0.3) is 5.91 Å². The van der Waals surface area contributed by atoms with Crippen molar-refractivity contribution in [3.8, 4) is 0 Å². The quantitative estimate of drug-likeness (QED) is 0.860. The van der Waals surface area contributed by atoms with E-state index in [0.29, 0.717) is 5.92 Å². The number of rotatable bonds is 3. The van der Waals surface area contributed by atoms with Crippen LogP contribution in [0.4, 0.5) is 0 Å². The van der Waals surface area contributed by atoms with Crippen molar-refractivity contribution < 1.29 is 4.79 Å². The van der Waals surface area contributed by atoms with Crippen LogP contribution in [0, 0.1) is 19.8 Å². The molecular weight excluding hydrogens is 228 g/mol. The maximum Gasteiger partial charge on any atom is 0.255 e. The van der Waals surface area contributed by atoms with Gasteiger partial charge < -0.3 is 10.2 Å². The van der Waals surface area contributed by atoms with E-state index in [1.54, 1.807) is 4.68 Å². The third kappa shape index (κ3) is 2.56. The SMILES string of the molecule is Cc1nn(C)c(C)c1C(=O)NCC1CCN(C)C1. The van der Waals surface area contributed by atoms with Crippen molar-refractivity contribution >= 4 is 5.91 Å². The van der Waals surface area contributed by atoms with E-state index in [1.165, 1.54) is 6.42 Å². The molecule has 0 aliphatic carbocycles. The molecule has 1 unspecified atom stereocenters. The van der Waals surface area contributed by atoms with Gasteiger partial charge in [-0.3, -0.25) is 9.48 Å². The highest BCUT2D eigenvalue weighted by Gasteiger charge is 2.22. The first-order chi connectivity index (χ1) is 8.49. The van der Waals surface area contributed by atoms with E-state index in [0.717, 1.165) is 36.6 Å². The monoisotopic (exact) mass is 250 g/mol. The molecule has 1 N–H and O–H groups in total. The van der Waals surface area contributed by atoms with Gasteiger partial charge in [-0.2, -0.15) is 5.10 Å². The lowest BCUT2D eigenvalue weighted by Crippen LogP contribution is -2.31. The molecule has 18 heavy (non-hydrogen) atoms. The minimum Gasteiger partial charge on any atom is -0.352 e. The number of carbonyl (C=O) groups is 1. The standard InChI is InChI=1S/C13H22N4O/c1-9-12(10(2)17(4)15-9)13(18)14-7-11-5-6-16(3)8-11/h11H,5-8H2,1-4H3,(H,14,18). The van der Waals surface area contributed by atoms with E-state index in [1.807, 2.05) is 20.9 Å². The topological polar surface area (TPSA) is 50.2 Å². The second kappa shape index (κ2) is 5.10. The smallest absolute Gasteiger partial charge is 0.255 e. The third-order valence-corrected chi connectivity index (χ3v) is 3.78.